The van der Waals surface area contributed by atoms with Crippen molar-refractivity contribution in [2.75, 3.05) is 11.5 Å². The Morgan fingerprint density at radius 1 is 1.17 bits per heavy atom. The molecule has 2 N–H and O–H groups in total. The van der Waals surface area contributed by atoms with Gasteiger partial charge in [-0.05, 0) is 30.4 Å². The summed E-state index contributed by atoms with van der Waals surface area (Å²) < 4.78 is 5.85. The monoisotopic (exact) mass is 346 g/mol. The molecule has 0 atom stereocenters. The number of hydrogen-bond acceptors (Lipinski definition) is 5. The molecule has 0 saturated heterocycles. The lowest BCUT2D eigenvalue weighted by Gasteiger charge is -2.12. The van der Waals surface area contributed by atoms with Gasteiger partial charge in [0.25, 0.3) is 5.69 Å². The van der Waals surface area contributed by atoms with Crippen molar-refractivity contribution in [3.63, 3.8) is 0 Å². The van der Waals surface area contributed by atoms with Crippen LogP contribution in [0, 0.1) is 10.1 Å². The average Bonchev–Trinajstić information content (AvgIpc) is 2.57. The van der Waals surface area contributed by atoms with Gasteiger partial charge in [0.1, 0.15) is 17.2 Å². The molecule has 0 aliphatic carbocycles. The maximum Gasteiger partial charge on any atom is 0.295 e. The highest BCUT2D eigenvalue weighted by molar-refractivity contribution is 7.99. The molecule has 128 valence electrons. The summed E-state index contributed by atoms with van der Waals surface area (Å²) in [7, 11) is 0. The predicted molar refractivity (Wildman–Crippen MR) is 98.9 cm³/mol. The zero-order valence-corrected chi connectivity index (χ0v) is 14.6. The van der Waals surface area contributed by atoms with Gasteiger partial charge in [-0.25, -0.2) is 0 Å². The summed E-state index contributed by atoms with van der Waals surface area (Å²) in [6.45, 7) is 2.18. The van der Waals surface area contributed by atoms with Crippen molar-refractivity contribution in [1.29, 1.82) is 0 Å². The fourth-order valence-corrected chi connectivity index (χ4v) is 3.26. The number of nitro benzene ring substituents is 1. The Labute approximate surface area is 146 Å². The quantitative estimate of drug-likeness (QED) is 0.209. The summed E-state index contributed by atoms with van der Waals surface area (Å²) in [5, 5.41) is 11.1. The lowest BCUT2D eigenvalue weighted by molar-refractivity contribution is -0.384. The molecular weight excluding hydrogens is 324 g/mol. The van der Waals surface area contributed by atoms with Crippen LogP contribution in [-0.2, 0) is 0 Å². The number of thioether (sulfide) groups is 1. The van der Waals surface area contributed by atoms with Crippen LogP contribution in [0.5, 0.6) is 11.5 Å². The smallest absolute Gasteiger partial charge is 0.295 e. The Balaban J connectivity index is 2.20. The molecule has 0 aliphatic heterocycles. The molecule has 0 radical (unpaired) electrons. The molecule has 0 spiro atoms. The first-order chi connectivity index (χ1) is 11.6. The number of nitrogens with zero attached hydrogens (tertiary/aromatic N) is 1. The summed E-state index contributed by atoms with van der Waals surface area (Å²) >= 11 is 1.62. The third kappa shape index (κ3) is 5.16. The molecule has 0 unspecified atom stereocenters. The van der Waals surface area contributed by atoms with E-state index in [1.807, 2.05) is 30.3 Å². The van der Waals surface area contributed by atoms with Gasteiger partial charge < -0.3 is 10.5 Å². The molecule has 0 aromatic heterocycles. The van der Waals surface area contributed by atoms with Gasteiger partial charge in [-0.15, -0.1) is 11.8 Å². The number of unbranched alkanes of at least 4 members (excludes halogenated alkanes) is 3. The minimum absolute atomic E-state index is 0.128. The number of nitro groups is 1. The SMILES string of the molecule is CCCCCCSc1cc(N)c([N+](=O)[O-])cc1Oc1ccccc1. The molecule has 24 heavy (non-hydrogen) atoms. The fraction of sp³-hybridized carbons (Fsp3) is 0.333. The molecule has 2 aromatic carbocycles. The van der Waals surface area contributed by atoms with Gasteiger partial charge in [0.05, 0.1) is 15.9 Å². The van der Waals surface area contributed by atoms with Crippen LogP contribution in [0.25, 0.3) is 0 Å². The number of anilines is 1. The van der Waals surface area contributed by atoms with Crippen molar-refractivity contribution in [3.8, 4) is 11.5 Å². The van der Waals surface area contributed by atoms with E-state index in [4.69, 9.17) is 10.5 Å². The topological polar surface area (TPSA) is 78.4 Å². The maximum absolute atomic E-state index is 11.1. The fourth-order valence-electron chi connectivity index (χ4n) is 2.24. The second-order valence-electron chi connectivity index (χ2n) is 5.44. The standard InChI is InChI=1S/C18H22N2O3S/c1-2-3-4-8-11-24-18-12-15(19)16(20(21)22)13-17(18)23-14-9-6-5-7-10-14/h5-7,9-10,12-13H,2-4,8,11,19H2,1H3. The molecule has 2 rings (SSSR count). The van der Waals surface area contributed by atoms with Gasteiger partial charge in [-0.1, -0.05) is 44.4 Å². The van der Waals surface area contributed by atoms with Gasteiger partial charge in [0, 0.05) is 0 Å². The molecular formula is C18H22N2O3S. The molecule has 0 aliphatic rings. The third-order valence-corrected chi connectivity index (χ3v) is 4.64. The summed E-state index contributed by atoms with van der Waals surface area (Å²) in [4.78, 5) is 11.5. The molecule has 0 fully saturated rings. The van der Waals surface area contributed by atoms with Gasteiger partial charge in [0.15, 0.2) is 0 Å². The van der Waals surface area contributed by atoms with Crippen LogP contribution in [0.4, 0.5) is 11.4 Å². The molecule has 6 heteroatoms. The van der Waals surface area contributed by atoms with E-state index in [0.717, 1.165) is 17.1 Å². The van der Waals surface area contributed by atoms with E-state index in [1.165, 1.54) is 25.3 Å². The minimum Gasteiger partial charge on any atom is -0.456 e. The summed E-state index contributed by atoms with van der Waals surface area (Å²) in [5.41, 5.74) is 5.86. The average molecular weight is 346 g/mol. The van der Waals surface area contributed by atoms with E-state index < -0.39 is 4.92 Å². The van der Waals surface area contributed by atoms with Crippen molar-refractivity contribution in [2.24, 2.45) is 0 Å². The number of para-hydroxylation sites is 1. The second kappa shape index (κ2) is 9.17. The predicted octanol–water partition coefficient (Wildman–Crippen LogP) is 5.64. The van der Waals surface area contributed by atoms with Crippen LogP contribution in [0.3, 0.4) is 0 Å². The molecule has 0 amide bonds. The van der Waals surface area contributed by atoms with Gasteiger partial charge in [-0.3, -0.25) is 10.1 Å². The Hall–Kier alpha value is -2.21. The normalized spacial score (nSPS) is 10.5. The first kappa shape index (κ1) is 18.1. The molecule has 5 nitrogen and oxygen atoms in total. The van der Waals surface area contributed by atoms with Crippen LogP contribution in [0.2, 0.25) is 0 Å². The van der Waals surface area contributed by atoms with Crippen LogP contribution < -0.4 is 10.5 Å². The first-order valence-electron chi connectivity index (χ1n) is 8.05. The highest BCUT2D eigenvalue weighted by Crippen LogP contribution is 2.39. The van der Waals surface area contributed by atoms with Gasteiger partial charge >= 0.3 is 0 Å². The van der Waals surface area contributed by atoms with Crippen LogP contribution in [0.15, 0.2) is 47.4 Å². The Kier molecular flexibility index (Phi) is 6.93. The third-order valence-electron chi connectivity index (χ3n) is 3.52. The van der Waals surface area contributed by atoms with E-state index in [0.29, 0.717) is 11.5 Å². The van der Waals surface area contributed by atoms with E-state index in [-0.39, 0.29) is 11.4 Å². The number of ether oxygens (including phenoxy) is 1. The van der Waals surface area contributed by atoms with Crippen LogP contribution in [-0.4, -0.2) is 10.7 Å². The van der Waals surface area contributed by atoms with Gasteiger partial charge in [-0.2, -0.15) is 0 Å². The Bertz CT molecular complexity index is 677. The molecule has 0 heterocycles. The van der Waals surface area contributed by atoms with Crippen molar-refractivity contribution in [3.05, 3.63) is 52.6 Å². The zero-order chi connectivity index (χ0) is 17.4. The summed E-state index contributed by atoms with van der Waals surface area (Å²) in [6.07, 6.45) is 4.69. The number of nitrogen functional groups attached to an aromatic ring is 1. The maximum atomic E-state index is 11.1. The lowest BCUT2D eigenvalue weighted by Crippen LogP contribution is -1.98. The van der Waals surface area contributed by atoms with Crippen molar-refractivity contribution >= 4 is 23.1 Å². The van der Waals surface area contributed by atoms with E-state index in [9.17, 15) is 10.1 Å². The Morgan fingerprint density at radius 3 is 2.58 bits per heavy atom. The molecule has 0 bridgehead atoms. The second-order valence-corrected chi connectivity index (χ2v) is 6.58. The molecule has 0 saturated carbocycles. The van der Waals surface area contributed by atoms with E-state index in [1.54, 1.807) is 17.8 Å². The summed E-state index contributed by atoms with van der Waals surface area (Å²) in [5.74, 6) is 2.05. The largest absolute Gasteiger partial charge is 0.456 e. The van der Waals surface area contributed by atoms with E-state index >= 15 is 0 Å². The summed E-state index contributed by atoms with van der Waals surface area (Å²) in [6, 6.07) is 12.3. The van der Waals surface area contributed by atoms with Crippen molar-refractivity contribution in [1.82, 2.24) is 0 Å². The van der Waals surface area contributed by atoms with Crippen molar-refractivity contribution in [2.45, 2.75) is 37.5 Å². The Morgan fingerprint density at radius 2 is 1.92 bits per heavy atom. The van der Waals surface area contributed by atoms with Gasteiger partial charge in [0.2, 0.25) is 0 Å². The van der Waals surface area contributed by atoms with Crippen LogP contribution >= 0.6 is 11.8 Å². The van der Waals surface area contributed by atoms with Crippen molar-refractivity contribution < 1.29 is 9.66 Å². The van der Waals surface area contributed by atoms with Crippen LogP contribution in [0.1, 0.15) is 32.6 Å². The number of hydrogen-bond donors (Lipinski definition) is 1. The molecule has 2 aromatic rings. The highest BCUT2D eigenvalue weighted by Gasteiger charge is 2.18. The minimum atomic E-state index is -0.483. The number of rotatable bonds is 9. The number of nitrogens with two attached hydrogens (primary N) is 1. The zero-order valence-electron chi connectivity index (χ0n) is 13.7. The first-order valence-corrected chi connectivity index (χ1v) is 9.04. The van der Waals surface area contributed by atoms with E-state index in [2.05, 4.69) is 6.92 Å². The highest BCUT2D eigenvalue weighted by atomic mass is 32.2. The lowest BCUT2D eigenvalue weighted by atomic mass is 10.2. The number of benzene rings is 2.